The molecule has 1 heterocycles. The molecule has 0 aromatic heterocycles. The third kappa shape index (κ3) is 12.5. The third-order valence-electron chi connectivity index (χ3n) is 9.08. The molecule has 1 aliphatic heterocycles. The summed E-state index contributed by atoms with van der Waals surface area (Å²) in [6, 6.07) is 21.6. The average molecular weight is 738 g/mol. The number of hydrogen-bond donors (Lipinski definition) is 0. The summed E-state index contributed by atoms with van der Waals surface area (Å²) in [7, 11) is 0. The molecule has 11 nitrogen and oxygen atoms in total. The summed E-state index contributed by atoms with van der Waals surface area (Å²) in [6.45, 7) is 5.15. The SMILES string of the molecule is C=C(CC(=O)OC1CCCCC1)C(=O)OCCCCCCOc1ccc(-c2ccc(C(=O)Oc3ccc(OCCCN4C(=O)C=CC4=O)cc3)cc2)cc1. The van der Waals surface area contributed by atoms with Crippen molar-refractivity contribution < 1.29 is 47.7 Å². The largest absolute Gasteiger partial charge is 0.494 e. The van der Waals surface area contributed by atoms with Crippen LogP contribution in [0.5, 0.6) is 17.2 Å². The van der Waals surface area contributed by atoms with E-state index in [0.717, 1.165) is 68.2 Å². The number of imide groups is 1. The number of rotatable bonds is 20. The van der Waals surface area contributed by atoms with Crippen LogP contribution >= 0.6 is 0 Å². The van der Waals surface area contributed by atoms with Gasteiger partial charge in [-0.15, -0.1) is 0 Å². The van der Waals surface area contributed by atoms with E-state index in [1.807, 2.05) is 36.4 Å². The Balaban J connectivity index is 0.920. The molecule has 54 heavy (non-hydrogen) atoms. The number of ether oxygens (including phenoxy) is 5. The lowest BCUT2D eigenvalue weighted by molar-refractivity contribution is -0.151. The van der Waals surface area contributed by atoms with Crippen LogP contribution in [0.1, 0.15) is 81.0 Å². The van der Waals surface area contributed by atoms with Gasteiger partial charge in [0.25, 0.3) is 11.8 Å². The molecule has 0 unspecified atom stereocenters. The number of esters is 3. The second-order valence-corrected chi connectivity index (χ2v) is 13.3. The van der Waals surface area contributed by atoms with Gasteiger partial charge in [0.2, 0.25) is 0 Å². The highest BCUT2D eigenvalue weighted by Gasteiger charge is 2.23. The maximum atomic E-state index is 12.7. The Kier molecular flexibility index (Phi) is 15.0. The first-order valence-electron chi connectivity index (χ1n) is 18.6. The van der Waals surface area contributed by atoms with E-state index in [1.165, 1.54) is 23.5 Å². The number of benzene rings is 3. The molecule has 5 rings (SSSR count). The molecule has 0 saturated heterocycles. The molecule has 0 spiro atoms. The van der Waals surface area contributed by atoms with Gasteiger partial charge in [-0.25, -0.2) is 9.59 Å². The molecule has 284 valence electrons. The van der Waals surface area contributed by atoms with Crippen molar-refractivity contribution in [1.82, 2.24) is 4.90 Å². The van der Waals surface area contributed by atoms with Crippen molar-refractivity contribution in [1.29, 1.82) is 0 Å². The normalized spacial score (nSPS) is 14.1. The zero-order valence-corrected chi connectivity index (χ0v) is 30.5. The zero-order valence-electron chi connectivity index (χ0n) is 30.5. The van der Waals surface area contributed by atoms with Gasteiger partial charge in [-0.3, -0.25) is 19.3 Å². The molecule has 0 N–H and O–H groups in total. The van der Waals surface area contributed by atoms with Gasteiger partial charge in [-0.2, -0.15) is 0 Å². The van der Waals surface area contributed by atoms with Crippen molar-refractivity contribution in [2.45, 2.75) is 76.7 Å². The fourth-order valence-corrected chi connectivity index (χ4v) is 6.05. The van der Waals surface area contributed by atoms with Crippen LogP contribution < -0.4 is 14.2 Å². The van der Waals surface area contributed by atoms with E-state index >= 15 is 0 Å². The fourth-order valence-electron chi connectivity index (χ4n) is 6.05. The minimum absolute atomic E-state index is 0.0443. The number of hydrogen-bond acceptors (Lipinski definition) is 10. The Bertz CT molecular complexity index is 1760. The summed E-state index contributed by atoms with van der Waals surface area (Å²) < 4.78 is 27.8. The third-order valence-corrected chi connectivity index (χ3v) is 9.08. The molecule has 1 aliphatic carbocycles. The van der Waals surface area contributed by atoms with Crippen LogP contribution in [0, 0.1) is 0 Å². The summed E-state index contributed by atoms with van der Waals surface area (Å²) >= 11 is 0. The fraction of sp³-hybridized carbons (Fsp3) is 0.372. The Morgan fingerprint density at radius 2 is 1.19 bits per heavy atom. The molecular formula is C43H47NO10. The number of amides is 2. The van der Waals surface area contributed by atoms with E-state index in [2.05, 4.69) is 6.58 Å². The van der Waals surface area contributed by atoms with E-state index < -0.39 is 17.9 Å². The lowest BCUT2D eigenvalue weighted by Crippen LogP contribution is -2.31. The van der Waals surface area contributed by atoms with Gasteiger partial charge in [0, 0.05) is 24.3 Å². The van der Waals surface area contributed by atoms with Gasteiger partial charge in [0.05, 0.1) is 31.8 Å². The highest BCUT2D eigenvalue weighted by Crippen LogP contribution is 2.25. The van der Waals surface area contributed by atoms with Crippen molar-refractivity contribution in [3.05, 3.63) is 103 Å². The van der Waals surface area contributed by atoms with Crippen molar-refractivity contribution >= 4 is 29.7 Å². The molecule has 2 amide bonds. The van der Waals surface area contributed by atoms with E-state index in [0.29, 0.717) is 36.7 Å². The second-order valence-electron chi connectivity index (χ2n) is 13.3. The van der Waals surface area contributed by atoms with E-state index in [1.54, 1.807) is 36.4 Å². The Hall–Kier alpha value is -5.71. The van der Waals surface area contributed by atoms with Crippen LogP contribution in [0.4, 0.5) is 0 Å². The summed E-state index contributed by atoms with van der Waals surface area (Å²) in [5, 5.41) is 0. The van der Waals surface area contributed by atoms with Crippen molar-refractivity contribution in [3.8, 4) is 28.4 Å². The van der Waals surface area contributed by atoms with E-state index in [9.17, 15) is 24.0 Å². The predicted molar refractivity (Wildman–Crippen MR) is 201 cm³/mol. The molecule has 0 bridgehead atoms. The van der Waals surface area contributed by atoms with Crippen LogP contribution in [-0.2, 0) is 28.7 Å². The number of unbranched alkanes of at least 4 members (excludes halogenated alkanes) is 3. The Morgan fingerprint density at radius 3 is 1.81 bits per heavy atom. The van der Waals surface area contributed by atoms with E-state index in [-0.39, 0.29) is 43.1 Å². The zero-order chi connectivity index (χ0) is 38.1. The van der Waals surface area contributed by atoms with Gasteiger partial charge >= 0.3 is 17.9 Å². The molecule has 3 aromatic carbocycles. The van der Waals surface area contributed by atoms with Gasteiger partial charge in [-0.1, -0.05) is 37.3 Å². The maximum absolute atomic E-state index is 12.7. The lowest BCUT2D eigenvalue weighted by atomic mass is 9.98. The molecule has 11 heteroatoms. The number of carbonyl (C=O) groups excluding carboxylic acids is 5. The van der Waals surface area contributed by atoms with Crippen LogP contribution in [0.2, 0.25) is 0 Å². The predicted octanol–water partition coefficient (Wildman–Crippen LogP) is 7.57. The van der Waals surface area contributed by atoms with Crippen LogP contribution in [0.25, 0.3) is 11.1 Å². The Morgan fingerprint density at radius 1 is 0.648 bits per heavy atom. The highest BCUT2D eigenvalue weighted by atomic mass is 16.5. The molecule has 0 radical (unpaired) electrons. The molecule has 1 saturated carbocycles. The van der Waals surface area contributed by atoms with Crippen LogP contribution in [-0.4, -0.2) is 67.1 Å². The molecule has 1 fully saturated rings. The quantitative estimate of drug-likeness (QED) is 0.0376. The Labute approximate surface area is 315 Å². The summed E-state index contributed by atoms with van der Waals surface area (Å²) in [6.07, 6.45) is 11.3. The van der Waals surface area contributed by atoms with Gasteiger partial charge < -0.3 is 23.7 Å². The molecular weight excluding hydrogens is 690 g/mol. The van der Waals surface area contributed by atoms with Gasteiger partial charge in [-0.05, 0) is 117 Å². The first-order chi connectivity index (χ1) is 26.2. The summed E-state index contributed by atoms with van der Waals surface area (Å²) in [4.78, 5) is 61.4. The molecule has 0 atom stereocenters. The summed E-state index contributed by atoms with van der Waals surface area (Å²) in [5.41, 5.74) is 2.46. The summed E-state index contributed by atoms with van der Waals surface area (Å²) in [5.74, 6) is -0.355. The minimum Gasteiger partial charge on any atom is -0.494 e. The maximum Gasteiger partial charge on any atom is 0.343 e. The van der Waals surface area contributed by atoms with E-state index in [4.69, 9.17) is 23.7 Å². The second kappa shape index (κ2) is 20.5. The number of carbonyl (C=O) groups is 5. The monoisotopic (exact) mass is 737 g/mol. The lowest BCUT2D eigenvalue weighted by Gasteiger charge is -2.21. The first-order valence-corrected chi connectivity index (χ1v) is 18.6. The average Bonchev–Trinajstić information content (AvgIpc) is 3.51. The van der Waals surface area contributed by atoms with Gasteiger partial charge in [0.1, 0.15) is 23.4 Å². The smallest absolute Gasteiger partial charge is 0.343 e. The molecule has 3 aromatic rings. The topological polar surface area (TPSA) is 135 Å². The molecule has 2 aliphatic rings. The first kappa shape index (κ1) is 39.5. The highest BCUT2D eigenvalue weighted by molar-refractivity contribution is 6.12. The minimum atomic E-state index is -0.548. The number of nitrogens with zero attached hydrogens (tertiary/aromatic N) is 1. The van der Waals surface area contributed by atoms with Crippen LogP contribution in [0.15, 0.2) is 97.1 Å². The standard InChI is InChI=1S/C43H47NO10/c1-31(30-41(47)53-37-10-5-4-6-11-37)42(48)52-28-8-3-2-7-27-50-35-18-16-33(17-19-35)32-12-14-34(15-13-32)43(49)54-38-22-20-36(21-23-38)51-29-9-26-44-39(45)24-25-40(44)46/h12-25,37H,1-11,26-30H2. The van der Waals surface area contributed by atoms with Crippen molar-refractivity contribution in [2.75, 3.05) is 26.4 Å². The van der Waals surface area contributed by atoms with Crippen molar-refractivity contribution in [2.24, 2.45) is 0 Å². The van der Waals surface area contributed by atoms with Crippen molar-refractivity contribution in [3.63, 3.8) is 0 Å². The van der Waals surface area contributed by atoms with Gasteiger partial charge in [0.15, 0.2) is 0 Å². The van der Waals surface area contributed by atoms with Crippen LogP contribution in [0.3, 0.4) is 0 Å².